The number of nitrogens with zero attached hydrogens (tertiary/aromatic N) is 1. The number of hydrogen-bond acceptors (Lipinski definition) is 3. The molecule has 0 spiro atoms. The van der Waals surface area contributed by atoms with Crippen LogP contribution in [0, 0.1) is 22.9 Å². The van der Waals surface area contributed by atoms with E-state index in [4.69, 9.17) is 0 Å². The Kier molecular flexibility index (Phi) is 4.42. The van der Waals surface area contributed by atoms with Gasteiger partial charge in [-0.05, 0) is 35.7 Å². The number of carbonyl (C=O) groups excluding carboxylic acids is 1. The largest absolute Gasteiger partial charge is 0.299 e. The maximum atomic E-state index is 13.1. The zero-order chi connectivity index (χ0) is 15.4. The molecule has 0 aliphatic heterocycles. The average molecular weight is 287 g/mol. The lowest BCUT2D eigenvalue weighted by atomic mass is 9.99. The topological polar surface area (TPSA) is 60.2 Å². The van der Waals surface area contributed by atoms with Gasteiger partial charge in [-0.1, -0.05) is 18.2 Å². The van der Waals surface area contributed by atoms with Crippen LogP contribution in [0.4, 0.5) is 10.1 Å². The lowest BCUT2D eigenvalue weighted by molar-refractivity contribution is -0.384. The van der Waals surface area contributed by atoms with Crippen LogP contribution in [-0.4, -0.2) is 10.7 Å². The van der Waals surface area contributed by atoms with Crippen molar-refractivity contribution < 1.29 is 14.1 Å². The van der Waals surface area contributed by atoms with E-state index in [-0.39, 0.29) is 30.1 Å². The monoisotopic (exact) mass is 287 g/mol. The molecule has 21 heavy (non-hydrogen) atoms. The zero-order valence-corrected chi connectivity index (χ0v) is 11.5. The summed E-state index contributed by atoms with van der Waals surface area (Å²) in [6.45, 7) is 1.73. The third kappa shape index (κ3) is 3.95. The first-order chi connectivity index (χ1) is 9.95. The Morgan fingerprint density at radius 1 is 1.19 bits per heavy atom. The van der Waals surface area contributed by atoms with Crippen molar-refractivity contribution in [3.63, 3.8) is 0 Å². The maximum Gasteiger partial charge on any atom is 0.269 e. The molecular weight excluding hydrogens is 273 g/mol. The molecule has 0 fully saturated rings. The van der Waals surface area contributed by atoms with E-state index >= 15 is 0 Å². The fraction of sp³-hybridized carbons (Fsp3) is 0.188. The SMILES string of the molecule is Cc1cc([N+](=O)[O-])ccc1CC(=O)Cc1cccc(F)c1. The van der Waals surface area contributed by atoms with Crippen LogP contribution in [0.5, 0.6) is 0 Å². The first-order valence-electron chi connectivity index (χ1n) is 6.46. The number of hydrogen-bond donors (Lipinski definition) is 0. The number of benzene rings is 2. The fourth-order valence-electron chi connectivity index (χ4n) is 2.14. The quantitative estimate of drug-likeness (QED) is 0.625. The molecule has 0 N–H and O–H groups in total. The van der Waals surface area contributed by atoms with E-state index in [1.54, 1.807) is 25.1 Å². The third-order valence-electron chi connectivity index (χ3n) is 3.21. The summed E-state index contributed by atoms with van der Waals surface area (Å²) < 4.78 is 13.1. The van der Waals surface area contributed by atoms with Crippen LogP contribution in [0.15, 0.2) is 42.5 Å². The van der Waals surface area contributed by atoms with Crippen LogP contribution in [0.25, 0.3) is 0 Å². The summed E-state index contributed by atoms with van der Waals surface area (Å²) in [4.78, 5) is 22.2. The van der Waals surface area contributed by atoms with Gasteiger partial charge in [-0.25, -0.2) is 4.39 Å². The summed E-state index contributed by atoms with van der Waals surface area (Å²) >= 11 is 0. The van der Waals surface area contributed by atoms with Gasteiger partial charge in [0.1, 0.15) is 11.6 Å². The Bertz CT molecular complexity index is 698. The molecule has 0 atom stereocenters. The molecule has 5 heteroatoms. The van der Waals surface area contributed by atoms with Gasteiger partial charge < -0.3 is 0 Å². The number of nitro groups is 1. The highest BCUT2D eigenvalue weighted by Gasteiger charge is 2.11. The van der Waals surface area contributed by atoms with Crippen LogP contribution >= 0.6 is 0 Å². The number of rotatable bonds is 5. The molecule has 108 valence electrons. The van der Waals surface area contributed by atoms with Crippen molar-refractivity contribution >= 4 is 11.5 Å². The molecule has 4 nitrogen and oxygen atoms in total. The second-order valence-electron chi connectivity index (χ2n) is 4.89. The van der Waals surface area contributed by atoms with Gasteiger partial charge in [0.25, 0.3) is 5.69 Å². The number of carbonyl (C=O) groups is 1. The number of nitro benzene ring substituents is 1. The number of non-ortho nitro benzene ring substituents is 1. The minimum absolute atomic E-state index is 0.00818. The molecule has 0 heterocycles. The van der Waals surface area contributed by atoms with Crippen LogP contribution in [0.1, 0.15) is 16.7 Å². The van der Waals surface area contributed by atoms with Crippen molar-refractivity contribution in [2.75, 3.05) is 0 Å². The molecule has 0 unspecified atom stereocenters. The third-order valence-corrected chi connectivity index (χ3v) is 3.21. The molecule has 0 aliphatic rings. The predicted molar refractivity (Wildman–Crippen MR) is 76.6 cm³/mol. The lowest BCUT2D eigenvalue weighted by Crippen LogP contribution is -2.08. The minimum Gasteiger partial charge on any atom is -0.299 e. The van der Waals surface area contributed by atoms with Crippen LogP contribution in [0.3, 0.4) is 0 Å². The lowest BCUT2D eigenvalue weighted by Gasteiger charge is -2.05. The van der Waals surface area contributed by atoms with Gasteiger partial charge in [0.05, 0.1) is 4.92 Å². The predicted octanol–water partition coefficient (Wildman–Crippen LogP) is 3.40. The second-order valence-corrected chi connectivity index (χ2v) is 4.89. The average Bonchev–Trinajstić information content (AvgIpc) is 2.40. The van der Waals surface area contributed by atoms with E-state index in [0.29, 0.717) is 11.1 Å². The van der Waals surface area contributed by atoms with Gasteiger partial charge in [0, 0.05) is 25.0 Å². The molecule has 2 aromatic carbocycles. The van der Waals surface area contributed by atoms with Crippen molar-refractivity contribution in [3.05, 3.63) is 75.1 Å². The number of Topliss-reactive ketones (excluding diaryl/α,β-unsaturated/α-hetero) is 1. The smallest absolute Gasteiger partial charge is 0.269 e. The molecule has 2 aromatic rings. The van der Waals surface area contributed by atoms with Crippen molar-refractivity contribution in [1.82, 2.24) is 0 Å². The van der Waals surface area contributed by atoms with Crippen molar-refractivity contribution in [1.29, 1.82) is 0 Å². The summed E-state index contributed by atoms with van der Waals surface area (Å²) in [6, 6.07) is 10.4. The van der Waals surface area contributed by atoms with E-state index in [1.165, 1.54) is 24.3 Å². The summed E-state index contributed by atoms with van der Waals surface area (Å²) in [5.41, 5.74) is 2.09. The van der Waals surface area contributed by atoms with Crippen LogP contribution < -0.4 is 0 Å². The normalized spacial score (nSPS) is 10.4. The Morgan fingerprint density at radius 2 is 1.95 bits per heavy atom. The van der Waals surface area contributed by atoms with Crippen molar-refractivity contribution in [2.45, 2.75) is 19.8 Å². The van der Waals surface area contributed by atoms with E-state index in [9.17, 15) is 19.3 Å². The zero-order valence-electron chi connectivity index (χ0n) is 11.5. The van der Waals surface area contributed by atoms with Gasteiger partial charge in [0.2, 0.25) is 0 Å². The molecule has 0 saturated heterocycles. The minimum atomic E-state index is -0.467. The number of halogens is 1. The van der Waals surface area contributed by atoms with Gasteiger partial charge in [0.15, 0.2) is 0 Å². The highest BCUT2D eigenvalue weighted by molar-refractivity contribution is 5.83. The Hall–Kier alpha value is -2.56. The first-order valence-corrected chi connectivity index (χ1v) is 6.46. The van der Waals surface area contributed by atoms with Gasteiger partial charge in [-0.2, -0.15) is 0 Å². The van der Waals surface area contributed by atoms with E-state index < -0.39 is 4.92 Å². The molecule has 0 amide bonds. The maximum absolute atomic E-state index is 13.1. The number of ketones is 1. The molecular formula is C16H14FNO3. The van der Waals surface area contributed by atoms with Crippen LogP contribution in [-0.2, 0) is 17.6 Å². The molecule has 2 rings (SSSR count). The van der Waals surface area contributed by atoms with Gasteiger partial charge in [-0.15, -0.1) is 0 Å². The Morgan fingerprint density at radius 3 is 2.57 bits per heavy atom. The Labute approximate surface area is 121 Å². The highest BCUT2D eigenvalue weighted by Crippen LogP contribution is 2.18. The molecule has 0 aliphatic carbocycles. The first kappa shape index (κ1) is 14.8. The van der Waals surface area contributed by atoms with E-state index in [1.807, 2.05) is 0 Å². The fourth-order valence-corrected chi connectivity index (χ4v) is 2.14. The molecule has 0 aromatic heterocycles. The second kappa shape index (κ2) is 6.26. The van der Waals surface area contributed by atoms with Gasteiger partial charge in [-0.3, -0.25) is 14.9 Å². The summed E-state index contributed by atoms with van der Waals surface area (Å²) in [5.74, 6) is -0.427. The van der Waals surface area contributed by atoms with Crippen LogP contribution in [0.2, 0.25) is 0 Å². The standard InChI is InChI=1S/C16H14FNO3/c1-11-7-15(18(20)21)6-5-13(11)10-16(19)9-12-3-2-4-14(17)8-12/h2-8H,9-10H2,1H3. The molecule has 0 radical (unpaired) electrons. The molecule has 0 bridgehead atoms. The summed E-state index contributed by atoms with van der Waals surface area (Å²) in [5, 5.41) is 10.7. The van der Waals surface area contributed by atoms with Gasteiger partial charge >= 0.3 is 0 Å². The summed E-state index contributed by atoms with van der Waals surface area (Å²) in [7, 11) is 0. The van der Waals surface area contributed by atoms with E-state index in [0.717, 1.165) is 5.56 Å². The van der Waals surface area contributed by atoms with Crippen molar-refractivity contribution in [2.24, 2.45) is 0 Å². The van der Waals surface area contributed by atoms with Crippen molar-refractivity contribution in [3.8, 4) is 0 Å². The Balaban J connectivity index is 2.08. The molecule has 0 saturated carbocycles. The van der Waals surface area contributed by atoms with E-state index in [2.05, 4.69) is 0 Å². The highest BCUT2D eigenvalue weighted by atomic mass is 19.1. The summed E-state index contributed by atoms with van der Waals surface area (Å²) in [6.07, 6.45) is 0.328. The number of aryl methyl sites for hydroxylation is 1.